The number of thiophene rings is 1. The van der Waals surface area contributed by atoms with Crippen molar-refractivity contribution >= 4 is 23.1 Å². The Morgan fingerprint density at radius 2 is 2.37 bits per heavy atom. The molecule has 0 spiro atoms. The van der Waals surface area contributed by atoms with Crippen molar-refractivity contribution in [1.82, 2.24) is 9.78 Å². The number of aryl methyl sites for hydroxylation is 2. The number of thioether (sulfide) groups is 1. The maximum absolute atomic E-state index is 12.2. The molecule has 0 atom stereocenters. The van der Waals surface area contributed by atoms with Gasteiger partial charge in [-0.25, -0.2) is 0 Å². The molecule has 0 saturated heterocycles. The number of rotatable bonds is 6. The Labute approximate surface area is 121 Å². The lowest BCUT2D eigenvalue weighted by molar-refractivity contribution is 0.473. The normalized spacial score (nSPS) is 11.2. The first-order valence-electron chi connectivity index (χ1n) is 6.08. The van der Waals surface area contributed by atoms with Crippen molar-refractivity contribution in [2.45, 2.75) is 24.4 Å². The van der Waals surface area contributed by atoms with Crippen LogP contribution in [0.3, 0.4) is 0 Å². The second-order valence-electron chi connectivity index (χ2n) is 4.19. The van der Waals surface area contributed by atoms with Crippen molar-refractivity contribution in [3.63, 3.8) is 0 Å². The molecule has 0 saturated carbocycles. The highest BCUT2D eigenvalue weighted by Gasteiger charge is 2.17. The van der Waals surface area contributed by atoms with E-state index in [1.54, 1.807) is 11.8 Å². The highest BCUT2D eigenvalue weighted by atomic mass is 32.2. The quantitative estimate of drug-likeness (QED) is 0.834. The minimum atomic E-state index is -0.284. The van der Waals surface area contributed by atoms with Gasteiger partial charge >= 0.3 is 0 Å². The molecule has 1 radical (unpaired) electrons. The lowest BCUT2D eigenvalue weighted by Crippen LogP contribution is -1.99. The highest BCUT2D eigenvalue weighted by molar-refractivity contribution is 7.98. The van der Waals surface area contributed by atoms with Crippen LogP contribution in [0.5, 0.6) is 0 Å². The average molecular weight is 298 g/mol. The molecule has 2 aromatic heterocycles. The third-order valence-corrected chi connectivity index (χ3v) is 4.69. The first kappa shape index (κ1) is 14.6. The fourth-order valence-electron chi connectivity index (χ4n) is 2.02. The van der Waals surface area contributed by atoms with Gasteiger partial charge in [-0.3, -0.25) is 9.07 Å². The number of nitrogens with zero attached hydrogens (tertiary/aromatic N) is 2. The summed E-state index contributed by atoms with van der Waals surface area (Å²) in [7, 11) is 1.93. The summed E-state index contributed by atoms with van der Waals surface area (Å²) in [5.74, 6) is 0. The van der Waals surface area contributed by atoms with E-state index in [0.717, 1.165) is 33.1 Å². The molecule has 2 heterocycles. The van der Waals surface area contributed by atoms with Gasteiger partial charge in [0.05, 0.1) is 16.6 Å². The van der Waals surface area contributed by atoms with Gasteiger partial charge in [-0.05, 0) is 30.7 Å². The second kappa shape index (κ2) is 6.54. The van der Waals surface area contributed by atoms with Gasteiger partial charge in [-0.2, -0.15) is 5.10 Å². The summed E-state index contributed by atoms with van der Waals surface area (Å²) < 4.78 is 14.0. The Bertz CT molecular complexity index is 548. The molecule has 6 heteroatoms. The van der Waals surface area contributed by atoms with Crippen LogP contribution in [0.4, 0.5) is 4.39 Å². The monoisotopic (exact) mass is 298 g/mol. The fourth-order valence-corrected chi connectivity index (χ4v) is 3.62. The second-order valence-corrected chi connectivity index (χ2v) is 5.84. The Kier molecular flexibility index (Phi) is 5.01. The summed E-state index contributed by atoms with van der Waals surface area (Å²) in [5.41, 5.74) is 8.90. The van der Waals surface area contributed by atoms with E-state index in [4.69, 9.17) is 5.73 Å². The molecule has 0 fully saturated rings. The number of hydrogen-bond acceptors (Lipinski definition) is 4. The molecule has 0 aliphatic carbocycles. The lowest BCUT2D eigenvalue weighted by Gasteiger charge is -2.00. The van der Waals surface area contributed by atoms with Crippen LogP contribution in [-0.2, 0) is 20.0 Å². The predicted octanol–water partition coefficient (Wildman–Crippen LogP) is 3.03. The van der Waals surface area contributed by atoms with Crippen LogP contribution >= 0.6 is 23.1 Å². The van der Waals surface area contributed by atoms with Crippen LogP contribution in [0.2, 0.25) is 0 Å². The smallest absolute Gasteiger partial charge is 0.108 e. The molecule has 2 N–H and O–H groups in total. The SMILES string of the molecule is CSc1c(CN)c(-c2cc(CCCF)[c]s2)nn1C. The van der Waals surface area contributed by atoms with E-state index in [1.165, 1.54) is 11.3 Å². The van der Waals surface area contributed by atoms with E-state index in [0.29, 0.717) is 13.0 Å². The Hall–Kier alpha value is -0.850. The maximum Gasteiger partial charge on any atom is 0.108 e. The number of alkyl halides is 1. The standard InChI is InChI=1S/C13H17FN3S2/c1-17-13(18-2)10(7-15)12(16-17)11-6-9(8-19-11)4-3-5-14/h6H,3-5,7,15H2,1-2H3. The molecule has 0 amide bonds. The Balaban J connectivity index is 2.33. The summed E-state index contributed by atoms with van der Waals surface area (Å²) >= 11 is 3.18. The van der Waals surface area contributed by atoms with Gasteiger partial charge in [-0.1, -0.05) is 0 Å². The van der Waals surface area contributed by atoms with Gasteiger partial charge in [0.15, 0.2) is 0 Å². The predicted molar refractivity (Wildman–Crippen MR) is 79.3 cm³/mol. The zero-order chi connectivity index (χ0) is 13.8. The van der Waals surface area contributed by atoms with Crippen molar-refractivity contribution in [1.29, 1.82) is 0 Å². The van der Waals surface area contributed by atoms with Crippen LogP contribution in [-0.4, -0.2) is 22.7 Å². The van der Waals surface area contributed by atoms with Crippen LogP contribution in [0.25, 0.3) is 10.6 Å². The summed E-state index contributed by atoms with van der Waals surface area (Å²) in [6.07, 6.45) is 3.30. The molecule has 0 aliphatic rings. The zero-order valence-electron chi connectivity index (χ0n) is 11.1. The van der Waals surface area contributed by atoms with Crippen molar-refractivity contribution in [3.8, 4) is 10.6 Å². The molecule has 0 bridgehead atoms. The van der Waals surface area contributed by atoms with E-state index in [2.05, 4.69) is 10.5 Å². The fraction of sp³-hybridized carbons (Fsp3) is 0.462. The molecule has 0 aliphatic heterocycles. The molecule has 0 aromatic carbocycles. The van der Waals surface area contributed by atoms with Gasteiger partial charge in [0, 0.05) is 24.5 Å². The average Bonchev–Trinajstić information content (AvgIpc) is 2.99. The largest absolute Gasteiger partial charge is 0.326 e. The summed E-state index contributed by atoms with van der Waals surface area (Å²) in [5, 5.41) is 8.86. The van der Waals surface area contributed by atoms with Gasteiger partial charge in [-0.15, -0.1) is 23.1 Å². The molecular weight excluding hydrogens is 281 g/mol. The zero-order valence-corrected chi connectivity index (χ0v) is 12.7. The number of nitrogens with two attached hydrogens (primary N) is 1. The van der Waals surface area contributed by atoms with Gasteiger partial charge < -0.3 is 5.73 Å². The van der Waals surface area contributed by atoms with Gasteiger partial charge in [0.1, 0.15) is 5.69 Å². The van der Waals surface area contributed by atoms with Crippen molar-refractivity contribution in [2.75, 3.05) is 12.9 Å². The molecule has 2 rings (SSSR count). The summed E-state index contributed by atoms with van der Waals surface area (Å²) in [4.78, 5) is 1.06. The number of hydrogen-bond donors (Lipinski definition) is 1. The van der Waals surface area contributed by atoms with Crippen LogP contribution in [0, 0.1) is 5.38 Å². The number of aromatic nitrogens is 2. The molecular formula is C13H17FN3S2. The van der Waals surface area contributed by atoms with Crippen LogP contribution in [0.15, 0.2) is 11.1 Å². The Morgan fingerprint density at radius 1 is 1.58 bits per heavy atom. The van der Waals surface area contributed by atoms with Crippen molar-refractivity contribution < 1.29 is 4.39 Å². The first-order chi connectivity index (χ1) is 9.21. The van der Waals surface area contributed by atoms with E-state index in [-0.39, 0.29) is 6.67 Å². The van der Waals surface area contributed by atoms with E-state index < -0.39 is 0 Å². The third-order valence-electron chi connectivity index (χ3n) is 2.90. The maximum atomic E-state index is 12.2. The first-order valence-corrected chi connectivity index (χ1v) is 8.12. The van der Waals surface area contributed by atoms with Crippen LogP contribution < -0.4 is 5.73 Å². The molecule has 103 valence electrons. The van der Waals surface area contributed by atoms with Gasteiger partial charge in [0.25, 0.3) is 0 Å². The summed E-state index contributed by atoms with van der Waals surface area (Å²) in [6.45, 7) is 0.185. The van der Waals surface area contributed by atoms with Gasteiger partial charge in [0.2, 0.25) is 0 Å². The number of halogens is 1. The Morgan fingerprint density at radius 3 is 3.00 bits per heavy atom. The van der Waals surface area contributed by atoms with Crippen molar-refractivity contribution in [3.05, 3.63) is 22.6 Å². The van der Waals surface area contributed by atoms with E-state index in [1.807, 2.05) is 24.1 Å². The molecule has 0 unspecified atom stereocenters. The van der Waals surface area contributed by atoms with E-state index in [9.17, 15) is 4.39 Å². The minimum absolute atomic E-state index is 0.284. The lowest BCUT2D eigenvalue weighted by atomic mass is 10.1. The topological polar surface area (TPSA) is 43.8 Å². The highest BCUT2D eigenvalue weighted by Crippen LogP contribution is 2.33. The summed E-state index contributed by atoms with van der Waals surface area (Å²) in [6, 6.07) is 2.05. The van der Waals surface area contributed by atoms with Crippen molar-refractivity contribution in [2.24, 2.45) is 12.8 Å². The minimum Gasteiger partial charge on any atom is -0.326 e. The molecule has 19 heavy (non-hydrogen) atoms. The molecule has 3 nitrogen and oxygen atoms in total. The van der Waals surface area contributed by atoms with E-state index >= 15 is 0 Å². The third kappa shape index (κ3) is 3.01. The van der Waals surface area contributed by atoms with Crippen LogP contribution in [0.1, 0.15) is 17.5 Å². The molecule has 2 aromatic rings.